The summed E-state index contributed by atoms with van der Waals surface area (Å²) in [5, 5.41) is 0. The van der Waals surface area contributed by atoms with E-state index in [1.165, 1.54) is 12.1 Å². The zero-order valence-electron chi connectivity index (χ0n) is 8.77. The predicted molar refractivity (Wildman–Crippen MR) is 54.9 cm³/mol. The van der Waals surface area contributed by atoms with E-state index in [9.17, 15) is 9.18 Å². The van der Waals surface area contributed by atoms with Gasteiger partial charge in [0.15, 0.2) is 0 Å². The van der Waals surface area contributed by atoms with Crippen molar-refractivity contribution >= 4 is 6.03 Å². The third-order valence-electron chi connectivity index (χ3n) is 2.80. The van der Waals surface area contributed by atoms with Gasteiger partial charge in [-0.2, -0.15) is 0 Å². The average Bonchev–Trinajstić information content (AvgIpc) is 2.47. The Morgan fingerprint density at radius 3 is 2.33 bits per heavy atom. The molecule has 0 saturated carbocycles. The van der Waals surface area contributed by atoms with Crippen molar-refractivity contribution in [2.24, 2.45) is 0 Å². The van der Waals surface area contributed by atoms with Crippen molar-refractivity contribution in [2.75, 3.05) is 20.6 Å². The van der Waals surface area contributed by atoms with Crippen molar-refractivity contribution in [1.29, 1.82) is 0 Å². The molecular weight excluding hydrogens is 195 g/mol. The van der Waals surface area contributed by atoms with E-state index in [4.69, 9.17) is 0 Å². The van der Waals surface area contributed by atoms with E-state index < -0.39 is 0 Å². The normalized spacial score (nSPS) is 21.3. The molecule has 4 heteroatoms. The van der Waals surface area contributed by atoms with Crippen LogP contribution >= 0.6 is 0 Å². The van der Waals surface area contributed by atoms with Crippen molar-refractivity contribution in [2.45, 2.75) is 6.04 Å². The molecular formula is C11H13FN2O. The van der Waals surface area contributed by atoms with Crippen molar-refractivity contribution < 1.29 is 9.18 Å². The summed E-state index contributed by atoms with van der Waals surface area (Å²) < 4.78 is 12.7. The van der Waals surface area contributed by atoms with Crippen molar-refractivity contribution in [3.8, 4) is 0 Å². The van der Waals surface area contributed by atoms with E-state index >= 15 is 0 Å². The van der Waals surface area contributed by atoms with Gasteiger partial charge in [0.25, 0.3) is 0 Å². The molecule has 1 heterocycles. The Morgan fingerprint density at radius 2 is 1.87 bits per heavy atom. The van der Waals surface area contributed by atoms with Crippen LogP contribution in [0.5, 0.6) is 0 Å². The third kappa shape index (κ3) is 1.67. The lowest BCUT2D eigenvalue weighted by atomic mass is 10.1. The van der Waals surface area contributed by atoms with E-state index in [2.05, 4.69) is 0 Å². The van der Waals surface area contributed by atoms with Crippen LogP contribution in [0.1, 0.15) is 11.6 Å². The van der Waals surface area contributed by atoms with Crippen LogP contribution in [0.2, 0.25) is 0 Å². The second kappa shape index (κ2) is 3.53. The van der Waals surface area contributed by atoms with Crippen LogP contribution in [0.25, 0.3) is 0 Å². The molecule has 1 aromatic rings. The van der Waals surface area contributed by atoms with Crippen LogP contribution in [-0.2, 0) is 0 Å². The molecule has 0 bridgehead atoms. The number of likely N-dealkylation sites (N-methyl/N-ethyl adjacent to an activating group) is 2. The highest BCUT2D eigenvalue weighted by atomic mass is 19.1. The number of urea groups is 1. The summed E-state index contributed by atoms with van der Waals surface area (Å²) in [7, 11) is 3.53. The zero-order chi connectivity index (χ0) is 11.0. The number of halogens is 1. The van der Waals surface area contributed by atoms with E-state index in [1.54, 1.807) is 36.0 Å². The molecule has 0 N–H and O–H groups in total. The van der Waals surface area contributed by atoms with Crippen LogP contribution in [0, 0.1) is 5.82 Å². The summed E-state index contributed by atoms with van der Waals surface area (Å²) in [6, 6.07) is 6.33. The standard InChI is InChI=1S/C11H13FN2O/c1-13-7-10(14(2)11(13)15)8-3-5-9(12)6-4-8/h3-6,10H,7H2,1-2H3. The molecule has 1 aliphatic heterocycles. The topological polar surface area (TPSA) is 23.6 Å². The molecule has 0 aliphatic carbocycles. The van der Waals surface area contributed by atoms with Gasteiger partial charge in [-0.25, -0.2) is 9.18 Å². The van der Waals surface area contributed by atoms with Gasteiger partial charge in [-0.3, -0.25) is 0 Å². The van der Waals surface area contributed by atoms with Gasteiger partial charge in [-0.15, -0.1) is 0 Å². The number of rotatable bonds is 1. The highest BCUT2D eigenvalue weighted by molar-refractivity contribution is 5.76. The fourth-order valence-corrected chi connectivity index (χ4v) is 1.88. The minimum Gasteiger partial charge on any atom is -0.325 e. The number of carbonyl (C=O) groups excluding carboxylic acids is 1. The first kappa shape index (κ1) is 9.96. The van der Waals surface area contributed by atoms with Crippen LogP contribution in [0.3, 0.4) is 0 Å². The van der Waals surface area contributed by atoms with Gasteiger partial charge in [0.2, 0.25) is 0 Å². The van der Waals surface area contributed by atoms with Crippen LogP contribution in [0.4, 0.5) is 9.18 Å². The lowest BCUT2D eigenvalue weighted by Crippen LogP contribution is -2.26. The van der Waals surface area contributed by atoms with Gasteiger partial charge < -0.3 is 9.80 Å². The van der Waals surface area contributed by atoms with E-state index in [-0.39, 0.29) is 17.9 Å². The number of nitrogens with zero attached hydrogens (tertiary/aromatic N) is 2. The van der Waals surface area contributed by atoms with Gasteiger partial charge in [0.05, 0.1) is 6.04 Å². The summed E-state index contributed by atoms with van der Waals surface area (Å²) in [5.74, 6) is -0.251. The molecule has 1 fully saturated rings. The van der Waals surface area contributed by atoms with Crippen LogP contribution in [-0.4, -0.2) is 36.5 Å². The molecule has 80 valence electrons. The summed E-state index contributed by atoms with van der Waals surface area (Å²) >= 11 is 0. The monoisotopic (exact) mass is 208 g/mol. The summed E-state index contributed by atoms with van der Waals surface area (Å²) in [4.78, 5) is 14.9. The van der Waals surface area contributed by atoms with Gasteiger partial charge in [-0.05, 0) is 17.7 Å². The van der Waals surface area contributed by atoms with E-state index in [0.717, 1.165) is 5.56 Å². The van der Waals surface area contributed by atoms with Crippen LogP contribution < -0.4 is 0 Å². The fourth-order valence-electron chi connectivity index (χ4n) is 1.88. The molecule has 1 saturated heterocycles. The highest BCUT2D eigenvalue weighted by Gasteiger charge is 2.32. The quantitative estimate of drug-likeness (QED) is 0.691. The number of hydrogen-bond acceptors (Lipinski definition) is 1. The number of benzene rings is 1. The number of carbonyl (C=O) groups is 1. The summed E-state index contributed by atoms with van der Waals surface area (Å²) in [6.07, 6.45) is 0. The smallest absolute Gasteiger partial charge is 0.320 e. The molecule has 15 heavy (non-hydrogen) atoms. The van der Waals surface area contributed by atoms with Crippen molar-refractivity contribution in [3.05, 3.63) is 35.6 Å². The van der Waals surface area contributed by atoms with Gasteiger partial charge in [0.1, 0.15) is 5.82 Å². The first-order valence-electron chi connectivity index (χ1n) is 4.83. The SMILES string of the molecule is CN1CC(c2ccc(F)cc2)N(C)C1=O. The maximum Gasteiger partial charge on any atom is 0.320 e. The summed E-state index contributed by atoms with van der Waals surface area (Å²) in [6.45, 7) is 0.654. The largest absolute Gasteiger partial charge is 0.325 e. The Hall–Kier alpha value is -1.58. The van der Waals surface area contributed by atoms with Gasteiger partial charge in [-0.1, -0.05) is 12.1 Å². The van der Waals surface area contributed by atoms with Crippen LogP contribution in [0.15, 0.2) is 24.3 Å². The van der Waals surface area contributed by atoms with Gasteiger partial charge in [0, 0.05) is 20.6 Å². The van der Waals surface area contributed by atoms with Crippen molar-refractivity contribution in [3.63, 3.8) is 0 Å². The van der Waals surface area contributed by atoms with E-state index in [0.29, 0.717) is 6.54 Å². The Morgan fingerprint density at radius 1 is 1.27 bits per heavy atom. The Bertz CT molecular complexity index is 377. The molecule has 0 spiro atoms. The molecule has 0 aromatic heterocycles. The average molecular weight is 208 g/mol. The predicted octanol–water partition coefficient (Wildman–Crippen LogP) is 1.86. The highest BCUT2D eigenvalue weighted by Crippen LogP contribution is 2.26. The Balaban J connectivity index is 2.25. The molecule has 2 amide bonds. The third-order valence-corrected chi connectivity index (χ3v) is 2.80. The van der Waals surface area contributed by atoms with E-state index in [1.807, 2.05) is 0 Å². The molecule has 1 unspecified atom stereocenters. The second-order valence-electron chi connectivity index (χ2n) is 3.84. The molecule has 3 nitrogen and oxygen atoms in total. The molecule has 1 aromatic carbocycles. The minimum atomic E-state index is -0.251. The number of amides is 2. The molecule has 0 radical (unpaired) electrons. The zero-order valence-corrected chi connectivity index (χ0v) is 8.77. The second-order valence-corrected chi connectivity index (χ2v) is 3.84. The maximum atomic E-state index is 12.7. The van der Waals surface area contributed by atoms with Crippen molar-refractivity contribution in [1.82, 2.24) is 9.80 Å². The molecule has 1 atom stereocenters. The summed E-state index contributed by atoms with van der Waals surface area (Å²) in [5.41, 5.74) is 0.969. The Labute approximate surface area is 88.1 Å². The lowest BCUT2D eigenvalue weighted by molar-refractivity contribution is 0.201. The first-order valence-corrected chi connectivity index (χ1v) is 4.83. The number of hydrogen-bond donors (Lipinski definition) is 0. The first-order chi connectivity index (χ1) is 7.09. The molecule has 1 aliphatic rings. The minimum absolute atomic E-state index is 0.00400. The molecule has 2 rings (SSSR count). The Kier molecular flexibility index (Phi) is 2.34. The fraction of sp³-hybridized carbons (Fsp3) is 0.364. The van der Waals surface area contributed by atoms with Gasteiger partial charge >= 0.3 is 6.03 Å². The maximum absolute atomic E-state index is 12.7. The lowest BCUT2D eigenvalue weighted by Gasteiger charge is -2.17.